The van der Waals surface area contributed by atoms with Gasteiger partial charge in [0.15, 0.2) is 11.2 Å². The standard InChI is InChI=1S/C25H27N5O2/c1-16-5-9-19(10-6-16)15-30-23(31)21-22(27(4)25(30)32)26-24-28(13-18(3)14-29(21)24)20-11-7-17(2)8-12-20/h5-12,18H,13-15H2,1-4H3/t18-/m1/s1. The molecule has 1 aliphatic rings. The number of aromatic nitrogens is 4. The smallest absolute Gasteiger partial charge is 0.312 e. The lowest BCUT2D eigenvalue weighted by atomic mass is 10.1. The van der Waals surface area contributed by atoms with Crippen LogP contribution in [0, 0.1) is 19.8 Å². The number of imidazole rings is 1. The Morgan fingerprint density at radius 3 is 2.22 bits per heavy atom. The Labute approximate surface area is 186 Å². The highest BCUT2D eigenvalue weighted by Crippen LogP contribution is 2.32. The van der Waals surface area contributed by atoms with Crippen LogP contribution in [0.5, 0.6) is 0 Å². The summed E-state index contributed by atoms with van der Waals surface area (Å²) in [6, 6.07) is 16.2. The van der Waals surface area contributed by atoms with Gasteiger partial charge in [0, 0.05) is 25.8 Å². The number of benzene rings is 2. The normalized spacial score (nSPS) is 15.9. The summed E-state index contributed by atoms with van der Waals surface area (Å²) in [6.45, 7) is 7.97. The molecule has 0 spiro atoms. The van der Waals surface area contributed by atoms with Crippen molar-refractivity contribution in [1.82, 2.24) is 18.7 Å². The van der Waals surface area contributed by atoms with Crippen molar-refractivity contribution in [2.45, 2.75) is 33.9 Å². The number of anilines is 2. The summed E-state index contributed by atoms with van der Waals surface area (Å²) in [5.41, 5.74) is 4.55. The summed E-state index contributed by atoms with van der Waals surface area (Å²) in [5, 5.41) is 0. The maximum atomic E-state index is 13.6. The van der Waals surface area contributed by atoms with E-state index >= 15 is 0 Å². The molecular formula is C25H27N5O2. The van der Waals surface area contributed by atoms with Crippen LogP contribution in [0.3, 0.4) is 0 Å². The quantitative estimate of drug-likeness (QED) is 0.501. The molecule has 7 nitrogen and oxygen atoms in total. The highest BCUT2D eigenvalue weighted by atomic mass is 16.2. The van der Waals surface area contributed by atoms with Crippen molar-refractivity contribution in [3.8, 4) is 0 Å². The lowest BCUT2D eigenvalue weighted by Crippen LogP contribution is -2.40. The molecule has 2 aromatic heterocycles. The van der Waals surface area contributed by atoms with Crippen molar-refractivity contribution in [3.05, 3.63) is 86.1 Å². The number of fused-ring (bicyclic) bond motifs is 3. The first kappa shape index (κ1) is 20.3. The third kappa shape index (κ3) is 3.25. The van der Waals surface area contributed by atoms with Gasteiger partial charge >= 0.3 is 5.69 Å². The molecule has 164 valence electrons. The average molecular weight is 430 g/mol. The predicted molar refractivity (Wildman–Crippen MR) is 127 cm³/mol. The maximum absolute atomic E-state index is 13.6. The molecule has 0 fully saturated rings. The van der Waals surface area contributed by atoms with E-state index in [2.05, 4.69) is 43.0 Å². The van der Waals surface area contributed by atoms with Crippen LogP contribution >= 0.6 is 0 Å². The Balaban J connectivity index is 1.70. The minimum atomic E-state index is -0.353. The molecule has 0 N–H and O–H groups in total. The van der Waals surface area contributed by atoms with E-state index in [0.29, 0.717) is 29.6 Å². The second-order valence-electron chi connectivity index (χ2n) is 8.96. The van der Waals surface area contributed by atoms with Gasteiger partial charge in [-0.05, 0) is 37.5 Å². The molecule has 0 saturated heterocycles. The molecular weight excluding hydrogens is 402 g/mol. The van der Waals surface area contributed by atoms with Crippen LogP contribution in [0.4, 0.5) is 11.6 Å². The number of nitrogens with zero attached hydrogens (tertiary/aromatic N) is 5. The molecule has 1 atom stereocenters. The zero-order valence-electron chi connectivity index (χ0n) is 18.9. The molecule has 7 heteroatoms. The van der Waals surface area contributed by atoms with Crippen LogP contribution < -0.4 is 16.1 Å². The summed E-state index contributed by atoms with van der Waals surface area (Å²) >= 11 is 0. The number of hydrogen-bond acceptors (Lipinski definition) is 4. The van der Waals surface area contributed by atoms with Crippen molar-refractivity contribution >= 4 is 22.8 Å². The summed E-state index contributed by atoms with van der Waals surface area (Å²) in [5.74, 6) is 1.03. The van der Waals surface area contributed by atoms with E-state index in [1.807, 2.05) is 35.8 Å². The van der Waals surface area contributed by atoms with Gasteiger partial charge in [-0.1, -0.05) is 54.4 Å². The van der Waals surface area contributed by atoms with Gasteiger partial charge in [-0.2, -0.15) is 4.98 Å². The topological polar surface area (TPSA) is 65.1 Å². The first-order valence-corrected chi connectivity index (χ1v) is 10.9. The lowest BCUT2D eigenvalue weighted by Gasteiger charge is -2.33. The number of aryl methyl sites for hydroxylation is 3. The maximum Gasteiger partial charge on any atom is 0.332 e. The van der Waals surface area contributed by atoms with Gasteiger partial charge in [0.05, 0.1) is 6.54 Å². The Morgan fingerprint density at radius 2 is 1.56 bits per heavy atom. The van der Waals surface area contributed by atoms with Crippen LogP contribution in [0.1, 0.15) is 23.6 Å². The first-order valence-electron chi connectivity index (χ1n) is 10.9. The molecule has 32 heavy (non-hydrogen) atoms. The van der Waals surface area contributed by atoms with Crippen LogP contribution in [0.2, 0.25) is 0 Å². The van der Waals surface area contributed by atoms with Gasteiger partial charge in [-0.15, -0.1) is 0 Å². The molecule has 0 saturated carbocycles. The highest BCUT2D eigenvalue weighted by Gasteiger charge is 2.29. The lowest BCUT2D eigenvalue weighted by molar-refractivity contribution is 0.458. The van der Waals surface area contributed by atoms with E-state index in [-0.39, 0.29) is 17.8 Å². The number of hydrogen-bond donors (Lipinski definition) is 0. The molecule has 5 rings (SSSR count). The summed E-state index contributed by atoms with van der Waals surface area (Å²) in [7, 11) is 1.69. The SMILES string of the molecule is Cc1ccc(Cn2c(=O)c3c(nc4n3C[C@H](C)CN4c3ccc(C)cc3)n(C)c2=O)cc1. The fraction of sp³-hybridized carbons (Fsp3) is 0.320. The van der Waals surface area contributed by atoms with Gasteiger partial charge in [-0.3, -0.25) is 13.9 Å². The second kappa shape index (κ2) is 7.51. The Kier molecular flexibility index (Phi) is 4.77. The van der Waals surface area contributed by atoms with Crippen molar-refractivity contribution in [1.29, 1.82) is 0 Å². The van der Waals surface area contributed by atoms with E-state index in [9.17, 15) is 9.59 Å². The molecule has 4 aromatic rings. The molecule has 0 aliphatic carbocycles. The summed E-state index contributed by atoms with van der Waals surface area (Å²) in [6.07, 6.45) is 0. The first-order chi connectivity index (χ1) is 15.3. The van der Waals surface area contributed by atoms with Crippen molar-refractivity contribution < 1.29 is 0 Å². The van der Waals surface area contributed by atoms with E-state index in [4.69, 9.17) is 4.98 Å². The van der Waals surface area contributed by atoms with E-state index < -0.39 is 0 Å². The van der Waals surface area contributed by atoms with Crippen LogP contribution in [-0.2, 0) is 20.1 Å². The van der Waals surface area contributed by atoms with Gasteiger partial charge < -0.3 is 9.47 Å². The minimum absolute atomic E-state index is 0.236. The van der Waals surface area contributed by atoms with Gasteiger partial charge in [0.25, 0.3) is 5.56 Å². The monoisotopic (exact) mass is 429 g/mol. The van der Waals surface area contributed by atoms with Crippen LogP contribution in [0.15, 0.2) is 58.1 Å². The molecule has 2 aromatic carbocycles. The Bertz CT molecular complexity index is 1430. The summed E-state index contributed by atoms with van der Waals surface area (Å²) in [4.78, 5) is 33.6. The molecule has 0 unspecified atom stereocenters. The van der Waals surface area contributed by atoms with Crippen LogP contribution in [0.25, 0.3) is 11.2 Å². The Hall–Kier alpha value is -3.61. The Morgan fingerprint density at radius 1 is 0.938 bits per heavy atom. The van der Waals surface area contributed by atoms with E-state index in [1.165, 1.54) is 14.7 Å². The van der Waals surface area contributed by atoms with Gasteiger partial charge in [0.2, 0.25) is 5.95 Å². The highest BCUT2D eigenvalue weighted by molar-refractivity contribution is 5.77. The molecule has 3 heterocycles. The molecule has 0 radical (unpaired) electrons. The average Bonchev–Trinajstić information content (AvgIpc) is 3.16. The molecule has 0 amide bonds. The van der Waals surface area contributed by atoms with Gasteiger partial charge in [0.1, 0.15) is 0 Å². The predicted octanol–water partition coefficient (Wildman–Crippen LogP) is 3.35. The third-order valence-electron chi connectivity index (χ3n) is 6.25. The van der Waals surface area contributed by atoms with E-state index in [0.717, 1.165) is 23.4 Å². The van der Waals surface area contributed by atoms with Crippen molar-refractivity contribution in [2.24, 2.45) is 13.0 Å². The largest absolute Gasteiger partial charge is 0.332 e. The zero-order valence-corrected chi connectivity index (χ0v) is 18.9. The van der Waals surface area contributed by atoms with E-state index in [1.54, 1.807) is 7.05 Å². The molecule has 1 aliphatic heterocycles. The summed E-state index contributed by atoms with van der Waals surface area (Å²) < 4.78 is 4.79. The fourth-order valence-electron chi connectivity index (χ4n) is 4.46. The van der Waals surface area contributed by atoms with Crippen molar-refractivity contribution in [3.63, 3.8) is 0 Å². The van der Waals surface area contributed by atoms with Gasteiger partial charge in [-0.25, -0.2) is 4.79 Å². The minimum Gasteiger partial charge on any atom is -0.312 e. The molecule has 0 bridgehead atoms. The fourth-order valence-corrected chi connectivity index (χ4v) is 4.46. The zero-order chi connectivity index (χ0) is 22.6. The number of rotatable bonds is 3. The van der Waals surface area contributed by atoms with Crippen LogP contribution in [-0.4, -0.2) is 25.2 Å². The third-order valence-corrected chi connectivity index (χ3v) is 6.25. The van der Waals surface area contributed by atoms with Crippen molar-refractivity contribution in [2.75, 3.05) is 11.4 Å². The second-order valence-corrected chi connectivity index (χ2v) is 8.96.